The predicted octanol–water partition coefficient (Wildman–Crippen LogP) is 4.42. The molecule has 33 heavy (non-hydrogen) atoms. The summed E-state index contributed by atoms with van der Waals surface area (Å²) in [6.45, 7) is 6.83. The molecule has 1 fully saturated rings. The van der Waals surface area contributed by atoms with Gasteiger partial charge in [0, 0.05) is 33.2 Å². The van der Waals surface area contributed by atoms with Gasteiger partial charge >= 0.3 is 0 Å². The quantitative estimate of drug-likeness (QED) is 0.462. The number of nitrogens with one attached hydrogen (secondary N) is 1. The van der Waals surface area contributed by atoms with E-state index in [9.17, 15) is 14.9 Å². The number of amides is 2. The summed E-state index contributed by atoms with van der Waals surface area (Å²) in [6, 6.07) is 11.1. The summed E-state index contributed by atoms with van der Waals surface area (Å²) >= 11 is 1.16. The summed E-state index contributed by atoms with van der Waals surface area (Å²) in [4.78, 5) is 35.2. The molecular formula is C25H31N5O2S. The molecule has 0 spiro atoms. The molecule has 1 N–H and O–H groups in total. The van der Waals surface area contributed by atoms with Crippen LogP contribution in [0.5, 0.6) is 0 Å². The SMILES string of the molecule is CC(C)CNC(=O)c1cc(N=CN2CCCCC2)c(C(=O)N(C)Cc2ccccc2C#N)s1. The van der Waals surface area contributed by atoms with Crippen molar-refractivity contribution in [1.29, 1.82) is 5.26 Å². The number of aliphatic imine (C=N–C) groups is 1. The largest absolute Gasteiger partial charge is 0.363 e. The van der Waals surface area contributed by atoms with Crippen molar-refractivity contribution in [2.45, 2.75) is 39.7 Å². The molecule has 8 heteroatoms. The number of thiophene rings is 1. The Kier molecular flexibility index (Phi) is 8.61. The number of piperidine rings is 1. The summed E-state index contributed by atoms with van der Waals surface area (Å²) in [5.74, 6) is -0.0842. The van der Waals surface area contributed by atoms with E-state index in [0.717, 1.165) is 42.8 Å². The molecule has 0 bridgehead atoms. The lowest BCUT2D eigenvalue weighted by atomic mass is 10.1. The molecule has 0 radical (unpaired) electrons. The van der Waals surface area contributed by atoms with Crippen molar-refractivity contribution in [2.75, 3.05) is 26.7 Å². The third kappa shape index (κ3) is 6.65. The van der Waals surface area contributed by atoms with E-state index in [1.54, 1.807) is 36.5 Å². The van der Waals surface area contributed by atoms with Gasteiger partial charge < -0.3 is 15.1 Å². The zero-order valence-electron chi connectivity index (χ0n) is 19.5. The maximum atomic E-state index is 13.4. The van der Waals surface area contributed by atoms with Gasteiger partial charge in [-0.2, -0.15) is 5.26 Å². The minimum absolute atomic E-state index is 0.195. The highest BCUT2D eigenvalue weighted by molar-refractivity contribution is 7.16. The predicted molar refractivity (Wildman–Crippen MR) is 132 cm³/mol. The Bertz CT molecular complexity index is 1050. The Morgan fingerprint density at radius 1 is 1.27 bits per heavy atom. The topological polar surface area (TPSA) is 88.8 Å². The number of nitrogens with zero attached hydrogens (tertiary/aromatic N) is 4. The molecule has 1 aromatic heterocycles. The number of hydrogen-bond acceptors (Lipinski definition) is 5. The second-order valence-corrected chi connectivity index (χ2v) is 9.75. The Morgan fingerprint density at radius 3 is 2.70 bits per heavy atom. The highest BCUT2D eigenvalue weighted by atomic mass is 32.1. The van der Waals surface area contributed by atoms with E-state index < -0.39 is 0 Å². The molecule has 1 aliphatic rings. The summed E-state index contributed by atoms with van der Waals surface area (Å²) in [5.41, 5.74) is 1.83. The molecule has 0 atom stereocenters. The molecule has 0 unspecified atom stereocenters. The summed E-state index contributed by atoms with van der Waals surface area (Å²) in [5, 5.41) is 12.3. The van der Waals surface area contributed by atoms with Crippen molar-refractivity contribution >= 4 is 35.2 Å². The molecule has 1 saturated heterocycles. The van der Waals surface area contributed by atoms with Crippen LogP contribution in [0.2, 0.25) is 0 Å². The molecule has 1 aromatic carbocycles. The van der Waals surface area contributed by atoms with Gasteiger partial charge in [0.1, 0.15) is 4.88 Å². The van der Waals surface area contributed by atoms with E-state index in [2.05, 4.69) is 21.3 Å². The van der Waals surface area contributed by atoms with Gasteiger partial charge in [0.15, 0.2) is 0 Å². The van der Waals surface area contributed by atoms with Gasteiger partial charge in [-0.25, -0.2) is 4.99 Å². The van der Waals surface area contributed by atoms with Crippen molar-refractivity contribution in [3.8, 4) is 6.07 Å². The van der Waals surface area contributed by atoms with Gasteiger partial charge in [-0.3, -0.25) is 9.59 Å². The van der Waals surface area contributed by atoms with Gasteiger partial charge in [-0.05, 0) is 42.9 Å². The first kappa shape index (κ1) is 24.5. The number of benzene rings is 1. The smallest absolute Gasteiger partial charge is 0.266 e. The number of hydrogen-bond donors (Lipinski definition) is 1. The molecule has 2 amide bonds. The lowest BCUT2D eigenvalue weighted by Gasteiger charge is -2.23. The highest BCUT2D eigenvalue weighted by Crippen LogP contribution is 2.31. The van der Waals surface area contributed by atoms with Crippen LogP contribution in [0.4, 0.5) is 5.69 Å². The van der Waals surface area contributed by atoms with Crippen molar-refractivity contribution < 1.29 is 9.59 Å². The van der Waals surface area contributed by atoms with Crippen LogP contribution in [-0.4, -0.2) is 54.6 Å². The molecule has 7 nitrogen and oxygen atoms in total. The zero-order chi connectivity index (χ0) is 23.8. The van der Waals surface area contributed by atoms with E-state index in [1.165, 1.54) is 6.42 Å². The van der Waals surface area contributed by atoms with Crippen LogP contribution >= 0.6 is 11.3 Å². The van der Waals surface area contributed by atoms with Crippen LogP contribution in [0.1, 0.15) is 63.6 Å². The third-order valence-corrected chi connectivity index (χ3v) is 6.56. The second kappa shape index (κ2) is 11.6. The Morgan fingerprint density at radius 2 is 2.00 bits per heavy atom. The second-order valence-electron chi connectivity index (χ2n) is 8.70. The molecule has 2 heterocycles. The lowest BCUT2D eigenvalue weighted by Crippen LogP contribution is -2.28. The molecule has 0 saturated carbocycles. The van der Waals surface area contributed by atoms with Crippen molar-refractivity contribution in [1.82, 2.24) is 15.1 Å². The maximum absolute atomic E-state index is 13.4. The minimum atomic E-state index is -0.221. The van der Waals surface area contributed by atoms with E-state index in [4.69, 9.17) is 0 Å². The molecule has 1 aliphatic heterocycles. The number of carbonyl (C=O) groups excluding carboxylic acids is 2. The van der Waals surface area contributed by atoms with Gasteiger partial charge in [-0.15, -0.1) is 11.3 Å². The molecule has 3 rings (SSSR count). The fourth-order valence-corrected chi connectivity index (χ4v) is 4.59. The number of rotatable bonds is 8. The van der Waals surface area contributed by atoms with Gasteiger partial charge in [0.2, 0.25) is 0 Å². The van der Waals surface area contributed by atoms with Crippen LogP contribution in [0, 0.1) is 17.2 Å². The molecule has 174 valence electrons. The normalized spacial score (nSPS) is 13.8. The van der Waals surface area contributed by atoms with Gasteiger partial charge in [0.05, 0.1) is 28.5 Å². The van der Waals surface area contributed by atoms with Crippen molar-refractivity contribution in [3.05, 3.63) is 51.2 Å². The average molecular weight is 466 g/mol. The Labute approximate surface area is 199 Å². The Balaban J connectivity index is 1.85. The van der Waals surface area contributed by atoms with E-state index >= 15 is 0 Å². The fraction of sp³-hybridized carbons (Fsp3) is 0.440. The molecular weight excluding hydrogens is 434 g/mol. The van der Waals surface area contributed by atoms with Crippen LogP contribution in [0.15, 0.2) is 35.3 Å². The average Bonchev–Trinajstić information content (AvgIpc) is 3.26. The first-order valence-electron chi connectivity index (χ1n) is 11.3. The monoisotopic (exact) mass is 465 g/mol. The maximum Gasteiger partial charge on any atom is 0.266 e. The number of likely N-dealkylation sites (tertiary alicyclic amines) is 1. The van der Waals surface area contributed by atoms with E-state index in [-0.39, 0.29) is 11.8 Å². The number of nitriles is 1. The third-order valence-electron chi connectivity index (χ3n) is 5.44. The molecule has 2 aromatic rings. The standard InChI is InChI=1S/C25H31N5O2S/c1-18(2)15-27-24(31)22-13-21(28-17-30-11-7-4-8-12-30)23(33-22)25(32)29(3)16-20-10-6-5-9-19(20)14-26/h5-6,9-10,13,17-18H,4,7-8,11-12,15-16H2,1-3H3,(H,27,31). The highest BCUT2D eigenvalue weighted by Gasteiger charge is 2.23. The fourth-order valence-electron chi connectivity index (χ4n) is 3.57. The summed E-state index contributed by atoms with van der Waals surface area (Å²) < 4.78 is 0. The lowest BCUT2D eigenvalue weighted by molar-refractivity contribution is 0.0790. The zero-order valence-corrected chi connectivity index (χ0v) is 20.3. The van der Waals surface area contributed by atoms with E-state index in [1.807, 2.05) is 26.0 Å². The number of carbonyl (C=O) groups is 2. The van der Waals surface area contributed by atoms with Gasteiger partial charge in [0.25, 0.3) is 11.8 Å². The minimum Gasteiger partial charge on any atom is -0.363 e. The first-order chi connectivity index (χ1) is 15.9. The van der Waals surface area contributed by atoms with Crippen LogP contribution in [-0.2, 0) is 6.54 Å². The van der Waals surface area contributed by atoms with Crippen molar-refractivity contribution in [3.63, 3.8) is 0 Å². The summed E-state index contributed by atoms with van der Waals surface area (Å²) in [6.07, 6.45) is 5.27. The molecule has 0 aliphatic carbocycles. The van der Waals surface area contributed by atoms with Crippen LogP contribution < -0.4 is 5.32 Å². The van der Waals surface area contributed by atoms with Crippen molar-refractivity contribution in [2.24, 2.45) is 10.9 Å². The Hall–Kier alpha value is -3.18. The van der Waals surface area contributed by atoms with Gasteiger partial charge in [-0.1, -0.05) is 32.0 Å². The van der Waals surface area contributed by atoms with E-state index in [0.29, 0.717) is 40.0 Å². The summed E-state index contributed by atoms with van der Waals surface area (Å²) in [7, 11) is 1.70. The van der Waals surface area contributed by atoms with Crippen LogP contribution in [0.3, 0.4) is 0 Å². The first-order valence-corrected chi connectivity index (χ1v) is 12.1. The van der Waals surface area contributed by atoms with Crippen LogP contribution in [0.25, 0.3) is 0 Å².